The molecule has 0 bridgehead atoms. The van der Waals surface area contributed by atoms with Crippen molar-refractivity contribution in [1.29, 1.82) is 0 Å². The molecule has 4 heterocycles. The molecule has 0 atom stereocenters. The third-order valence-corrected chi connectivity index (χ3v) is 9.40. The van der Waals surface area contributed by atoms with Gasteiger partial charge in [-0.15, -0.1) is 0 Å². The highest BCUT2D eigenvalue weighted by Gasteiger charge is 2.21. The lowest BCUT2D eigenvalue weighted by Gasteiger charge is -2.16. The second-order valence-electron chi connectivity index (χ2n) is 11.9. The van der Waals surface area contributed by atoms with E-state index >= 15 is 0 Å². The van der Waals surface area contributed by atoms with Crippen molar-refractivity contribution < 1.29 is 0 Å². The average Bonchev–Trinajstić information content (AvgIpc) is 3.66. The number of hydrogen-bond donors (Lipinski definition) is 0. The quantitative estimate of drug-likeness (QED) is 0.193. The van der Waals surface area contributed by atoms with Crippen LogP contribution in [-0.4, -0.2) is 19.1 Å². The fraction of sp³-hybridized carbons (Fsp3) is 0. The number of pyridine rings is 2. The molecule has 0 aliphatic heterocycles. The Balaban J connectivity index is 1.40. The third-order valence-electron chi connectivity index (χ3n) is 9.40. The third kappa shape index (κ3) is 3.49. The molecule has 0 amide bonds. The van der Waals surface area contributed by atoms with Crippen LogP contribution in [0.5, 0.6) is 0 Å². The van der Waals surface area contributed by atoms with Gasteiger partial charge in [0.2, 0.25) is 0 Å². The monoisotopic (exact) mass is 586 g/mol. The zero-order valence-electron chi connectivity index (χ0n) is 24.8. The van der Waals surface area contributed by atoms with Crippen LogP contribution in [0.2, 0.25) is 0 Å². The van der Waals surface area contributed by atoms with Crippen molar-refractivity contribution in [3.63, 3.8) is 0 Å². The number of fused-ring (bicyclic) bond motifs is 11. The average molecular weight is 587 g/mol. The van der Waals surface area contributed by atoms with Crippen molar-refractivity contribution in [2.45, 2.75) is 0 Å². The number of para-hydroxylation sites is 3. The van der Waals surface area contributed by atoms with Crippen LogP contribution < -0.4 is 0 Å². The second-order valence-corrected chi connectivity index (χ2v) is 11.9. The lowest BCUT2D eigenvalue weighted by molar-refractivity contribution is 1.14. The Bertz CT molecular complexity index is 2750. The zero-order valence-corrected chi connectivity index (χ0v) is 24.8. The molecule has 0 unspecified atom stereocenters. The van der Waals surface area contributed by atoms with Crippen LogP contribution in [0.4, 0.5) is 0 Å². The van der Waals surface area contributed by atoms with E-state index in [1.165, 1.54) is 54.4 Å². The summed E-state index contributed by atoms with van der Waals surface area (Å²) in [4.78, 5) is 9.26. The summed E-state index contributed by atoms with van der Waals surface area (Å²) in [5.74, 6) is 0. The van der Waals surface area contributed by atoms with Gasteiger partial charge in [-0.1, -0.05) is 78.9 Å². The molecule has 0 saturated heterocycles. The van der Waals surface area contributed by atoms with E-state index in [1.54, 1.807) is 0 Å². The molecule has 0 radical (unpaired) electrons. The Morgan fingerprint density at radius 2 is 0.935 bits per heavy atom. The van der Waals surface area contributed by atoms with E-state index in [0.29, 0.717) is 0 Å². The highest BCUT2D eigenvalue weighted by molar-refractivity contribution is 6.31. The van der Waals surface area contributed by atoms with Gasteiger partial charge in [0.15, 0.2) is 0 Å². The molecule has 0 spiro atoms. The van der Waals surface area contributed by atoms with Crippen molar-refractivity contribution in [3.05, 3.63) is 158 Å². The SMILES string of the molecule is c1ccc2c(c1)c1ncccc1c1c2c2ccccc2n1-c1cc(-c2ccncc2)cc(-n2c3ccccc3c3ccccc32)c1. The van der Waals surface area contributed by atoms with E-state index in [4.69, 9.17) is 4.98 Å². The van der Waals surface area contributed by atoms with Crippen molar-refractivity contribution in [1.82, 2.24) is 19.1 Å². The number of hydrogen-bond acceptors (Lipinski definition) is 2. The first-order chi connectivity index (χ1) is 22.8. The molecule has 0 fully saturated rings. The first-order valence-electron chi connectivity index (χ1n) is 15.6. The highest BCUT2D eigenvalue weighted by atomic mass is 15.0. The summed E-state index contributed by atoms with van der Waals surface area (Å²) in [5.41, 5.74) is 10.2. The minimum atomic E-state index is 1.02. The van der Waals surface area contributed by atoms with Crippen LogP contribution in [0.25, 0.3) is 87.8 Å². The lowest BCUT2D eigenvalue weighted by atomic mass is 9.99. The molecule has 4 nitrogen and oxygen atoms in total. The maximum absolute atomic E-state index is 4.93. The lowest BCUT2D eigenvalue weighted by Crippen LogP contribution is -2.00. The van der Waals surface area contributed by atoms with Crippen LogP contribution in [0, 0.1) is 0 Å². The van der Waals surface area contributed by atoms with Gasteiger partial charge in [-0.3, -0.25) is 9.97 Å². The molecule has 10 rings (SSSR count). The van der Waals surface area contributed by atoms with Crippen LogP contribution in [0.1, 0.15) is 0 Å². The first kappa shape index (κ1) is 25.1. The normalized spacial score (nSPS) is 11.9. The molecule has 214 valence electrons. The summed E-state index contributed by atoms with van der Waals surface area (Å²) in [5, 5.41) is 8.49. The summed E-state index contributed by atoms with van der Waals surface area (Å²) in [7, 11) is 0. The Labute approximate surface area is 264 Å². The summed E-state index contributed by atoms with van der Waals surface area (Å²) >= 11 is 0. The fourth-order valence-corrected chi connectivity index (χ4v) is 7.52. The number of nitrogens with zero attached hydrogens (tertiary/aromatic N) is 4. The standard InChI is InChI=1S/C42H26N4/c1-2-13-34-33(12-1)40-35-14-5-8-18-39(35)46(42(40)36-15-9-21-44-41(34)36)30-25-28(27-19-22-43-23-20-27)24-29(26-30)45-37-16-6-3-10-31(37)32-11-4-7-17-38(32)45/h1-26H. The molecule has 0 aliphatic carbocycles. The molecule has 4 aromatic heterocycles. The molecule has 10 aromatic rings. The minimum absolute atomic E-state index is 1.02. The molecule has 0 N–H and O–H groups in total. The van der Waals surface area contributed by atoms with Gasteiger partial charge in [-0.05, 0) is 77.2 Å². The largest absolute Gasteiger partial charge is 0.309 e. The Kier molecular flexibility index (Phi) is 5.25. The van der Waals surface area contributed by atoms with E-state index in [0.717, 1.165) is 33.4 Å². The van der Waals surface area contributed by atoms with E-state index in [9.17, 15) is 0 Å². The maximum Gasteiger partial charge on any atom is 0.0801 e. The van der Waals surface area contributed by atoms with Crippen molar-refractivity contribution in [2.75, 3.05) is 0 Å². The second kappa shape index (κ2) is 9.62. The summed E-state index contributed by atoms with van der Waals surface area (Å²) < 4.78 is 4.85. The van der Waals surface area contributed by atoms with Gasteiger partial charge in [0, 0.05) is 62.3 Å². The minimum Gasteiger partial charge on any atom is -0.309 e. The summed E-state index contributed by atoms with van der Waals surface area (Å²) in [6.07, 6.45) is 5.64. The molecule has 46 heavy (non-hydrogen) atoms. The smallest absolute Gasteiger partial charge is 0.0801 e. The predicted molar refractivity (Wildman–Crippen MR) is 191 cm³/mol. The van der Waals surface area contributed by atoms with Crippen molar-refractivity contribution in [3.8, 4) is 22.5 Å². The highest BCUT2D eigenvalue weighted by Crippen LogP contribution is 2.43. The number of benzene rings is 6. The number of aromatic nitrogens is 4. The van der Waals surface area contributed by atoms with Crippen molar-refractivity contribution >= 4 is 65.3 Å². The van der Waals surface area contributed by atoms with Crippen LogP contribution in [0.3, 0.4) is 0 Å². The van der Waals surface area contributed by atoms with Gasteiger partial charge in [0.1, 0.15) is 0 Å². The van der Waals surface area contributed by atoms with Gasteiger partial charge in [0.05, 0.1) is 27.6 Å². The molecular formula is C42H26N4. The van der Waals surface area contributed by atoms with Gasteiger partial charge < -0.3 is 9.13 Å². The molecule has 0 saturated carbocycles. The fourth-order valence-electron chi connectivity index (χ4n) is 7.52. The van der Waals surface area contributed by atoms with Gasteiger partial charge in [0.25, 0.3) is 0 Å². The van der Waals surface area contributed by atoms with Gasteiger partial charge in [-0.25, -0.2) is 0 Å². The van der Waals surface area contributed by atoms with Crippen LogP contribution in [0.15, 0.2) is 158 Å². The van der Waals surface area contributed by atoms with E-state index < -0.39 is 0 Å². The van der Waals surface area contributed by atoms with Gasteiger partial charge >= 0.3 is 0 Å². The molecule has 6 aromatic carbocycles. The molecule has 0 aliphatic rings. The Hall–Kier alpha value is -6.26. The predicted octanol–water partition coefficient (Wildman–Crippen LogP) is 10.6. The summed E-state index contributed by atoms with van der Waals surface area (Å²) in [6, 6.07) is 50.3. The van der Waals surface area contributed by atoms with Crippen LogP contribution in [-0.2, 0) is 0 Å². The van der Waals surface area contributed by atoms with Gasteiger partial charge in [-0.2, -0.15) is 0 Å². The molecular weight excluding hydrogens is 560 g/mol. The topological polar surface area (TPSA) is 35.6 Å². The zero-order chi connectivity index (χ0) is 30.2. The molecule has 4 heteroatoms. The Morgan fingerprint density at radius 3 is 1.63 bits per heavy atom. The van der Waals surface area contributed by atoms with E-state index in [1.807, 2.05) is 18.6 Å². The van der Waals surface area contributed by atoms with E-state index in [2.05, 4.69) is 154 Å². The van der Waals surface area contributed by atoms with Crippen molar-refractivity contribution in [2.24, 2.45) is 0 Å². The number of rotatable bonds is 3. The first-order valence-corrected chi connectivity index (χ1v) is 15.6. The van der Waals surface area contributed by atoms with E-state index in [-0.39, 0.29) is 0 Å². The summed E-state index contributed by atoms with van der Waals surface area (Å²) in [6.45, 7) is 0. The maximum atomic E-state index is 4.93. The Morgan fingerprint density at radius 1 is 0.391 bits per heavy atom. The van der Waals surface area contributed by atoms with Crippen LogP contribution >= 0.6 is 0 Å².